The van der Waals surface area contributed by atoms with Crippen molar-refractivity contribution in [2.45, 2.75) is 12.5 Å². The number of hydrogen-bond acceptors (Lipinski definition) is 3. The lowest BCUT2D eigenvalue weighted by atomic mass is 9.93. The molecule has 0 aromatic carbocycles. The van der Waals surface area contributed by atoms with E-state index < -0.39 is 6.10 Å². The molecule has 1 atom stereocenters. The Labute approximate surface area is 99.5 Å². The second kappa shape index (κ2) is 4.11. The molecule has 1 aliphatic carbocycles. The largest absolute Gasteiger partial charge is 0.388 e. The molecule has 0 fully saturated rings. The van der Waals surface area contributed by atoms with Gasteiger partial charge in [0.1, 0.15) is 0 Å². The first-order chi connectivity index (χ1) is 8.34. The molecule has 0 radical (unpaired) electrons. The number of fused-ring (bicyclic) bond motifs is 2. The van der Waals surface area contributed by atoms with Crippen LogP contribution in [-0.4, -0.2) is 15.1 Å². The van der Waals surface area contributed by atoms with Gasteiger partial charge in [0, 0.05) is 36.8 Å². The first-order valence-corrected chi connectivity index (χ1v) is 5.57. The summed E-state index contributed by atoms with van der Waals surface area (Å²) >= 11 is 0. The smallest absolute Gasteiger partial charge is 0.0851 e. The summed E-state index contributed by atoms with van der Waals surface area (Å²) in [6, 6.07) is 3.88. The van der Waals surface area contributed by atoms with Gasteiger partial charge in [-0.3, -0.25) is 9.97 Å². The van der Waals surface area contributed by atoms with E-state index in [1.807, 2.05) is 24.4 Å². The summed E-state index contributed by atoms with van der Waals surface area (Å²) in [6.45, 7) is 0. The van der Waals surface area contributed by atoms with Crippen molar-refractivity contribution in [3.8, 4) is 0 Å². The van der Waals surface area contributed by atoms with Gasteiger partial charge in [0.2, 0.25) is 0 Å². The highest BCUT2D eigenvalue weighted by Crippen LogP contribution is 2.27. The van der Waals surface area contributed by atoms with E-state index in [0.717, 1.165) is 22.3 Å². The molecule has 84 valence electrons. The molecule has 0 bridgehead atoms. The maximum atomic E-state index is 10.2. The van der Waals surface area contributed by atoms with Crippen molar-refractivity contribution in [2.75, 3.05) is 0 Å². The molecule has 2 aromatic heterocycles. The summed E-state index contributed by atoms with van der Waals surface area (Å²) < 4.78 is 0. The van der Waals surface area contributed by atoms with E-state index in [4.69, 9.17) is 0 Å². The van der Waals surface area contributed by atoms with E-state index in [1.165, 1.54) is 0 Å². The number of nitrogens with zero attached hydrogens (tertiary/aromatic N) is 2. The highest BCUT2D eigenvalue weighted by molar-refractivity contribution is 5.73. The summed E-state index contributed by atoms with van der Waals surface area (Å²) in [6.07, 6.45) is 11.2. The zero-order chi connectivity index (χ0) is 11.7. The highest BCUT2D eigenvalue weighted by Gasteiger charge is 2.15. The van der Waals surface area contributed by atoms with E-state index in [1.54, 1.807) is 18.6 Å². The van der Waals surface area contributed by atoms with Crippen LogP contribution < -0.4 is 0 Å². The number of hydrogen-bond donors (Lipinski definition) is 1. The van der Waals surface area contributed by atoms with Gasteiger partial charge in [-0.15, -0.1) is 0 Å². The molecule has 2 aromatic rings. The second-order valence-electron chi connectivity index (χ2n) is 4.13. The van der Waals surface area contributed by atoms with Crippen LogP contribution in [0.3, 0.4) is 0 Å². The molecular weight excluding hydrogens is 212 g/mol. The summed E-state index contributed by atoms with van der Waals surface area (Å²) in [5.41, 5.74) is 4.07. The first kappa shape index (κ1) is 10.2. The van der Waals surface area contributed by atoms with Crippen LogP contribution in [0.2, 0.25) is 0 Å². The third-order valence-corrected chi connectivity index (χ3v) is 3.04. The number of aliphatic hydroxyl groups is 1. The monoisotopic (exact) mass is 224 g/mol. The van der Waals surface area contributed by atoms with Gasteiger partial charge >= 0.3 is 0 Å². The molecule has 17 heavy (non-hydrogen) atoms. The summed E-state index contributed by atoms with van der Waals surface area (Å²) in [4.78, 5) is 8.17. The Bertz CT molecular complexity index is 578. The van der Waals surface area contributed by atoms with Gasteiger partial charge in [-0.25, -0.2) is 0 Å². The zero-order valence-corrected chi connectivity index (χ0v) is 9.24. The highest BCUT2D eigenvalue weighted by atomic mass is 16.3. The lowest BCUT2D eigenvalue weighted by Crippen LogP contribution is -2.07. The van der Waals surface area contributed by atoms with Crippen LogP contribution in [-0.2, 0) is 6.42 Å². The van der Waals surface area contributed by atoms with Crippen LogP contribution in [0.25, 0.3) is 12.2 Å². The number of aromatic nitrogens is 2. The van der Waals surface area contributed by atoms with Crippen molar-refractivity contribution in [3.05, 3.63) is 59.2 Å². The van der Waals surface area contributed by atoms with Crippen molar-refractivity contribution in [1.82, 2.24) is 9.97 Å². The molecule has 1 unspecified atom stereocenters. The molecule has 2 heterocycles. The van der Waals surface area contributed by atoms with E-state index in [0.29, 0.717) is 6.42 Å². The summed E-state index contributed by atoms with van der Waals surface area (Å²) in [5, 5.41) is 10.2. The van der Waals surface area contributed by atoms with Crippen LogP contribution in [0.5, 0.6) is 0 Å². The van der Waals surface area contributed by atoms with Crippen molar-refractivity contribution in [2.24, 2.45) is 0 Å². The average molecular weight is 224 g/mol. The molecular formula is C14H12N2O. The van der Waals surface area contributed by atoms with E-state index in [-0.39, 0.29) is 0 Å². The van der Waals surface area contributed by atoms with Crippen LogP contribution >= 0.6 is 0 Å². The molecule has 3 nitrogen and oxygen atoms in total. The van der Waals surface area contributed by atoms with Crippen molar-refractivity contribution in [3.63, 3.8) is 0 Å². The number of pyridine rings is 2. The molecule has 0 spiro atoms. The van der Waals surface area contributed by atoms with Crippen LogP contribution in [0.15, 0.2) is 36.9 Å². The Morgan fingerprint density at radius 2 is 1.71 bits per heavy atom. The SMILES string of the molecule is OC1Cc2cnccc2/C=C\c2ccncc21. The van der Waals surface area contributed by atoms with Crippen LogP contribution in [0.1, 0.15) is 28.4 Å². The summed E-state index contributed by atoms with van der Waals surface area (Å²) in [7, 11) is 0. The van der Waals surface area contributed by atoms with Gasteiger partial charge in [0.05, 0.1) is 6.10 Å². The van der Waals surface area contributed by atoms with Crippen molar-refractivity contribution < 1.29 is 5.11 Å². The quantitative estimate of drug-likeness (QED) is 0.746. The molecule has 0 aliphatic heterocycles. The van der Waals surface area contributed by atoms with Gasteiger partial charge in [0.25, 0.3) is 0 Å². The topological polar surface area (TPSA) is 46.0 Å². The van der Waals surface area contributed by atoms with Gasteiger partial charge in [0.15, 0.2) is 0 Å². The van der Waals surface area contributed by atoms with Gasteiger partial charge in [-0.1, -0.05) is 12.2 Å². The lowest BCUT2D eigenvalue weighted by Gasteiger charge is -2.17. The minimum atomic E-state index is -0.522. The standard InChI is InChI=1S/C14H12N2O/c17-14-7-12-8-15-5-3-10(12)1-2-11-4-6-16-9-13(11)14/h1-6,8-9,14,17H,7H2/b2-1-. The van der Waals surface area contributed by atoms with E-state index >= 15 is 0 Å². The van der Waals surface area contributed by atoms with Crippen molar-refractivity contribution >= 4 is 12.2 Å². The number of aliphatic hydroxyl groups excluding tert-OH is 1. The molecule has 0 saturated carbocycles. The molecule has 0 amide bonds. The fraction of sp³-hybridized carbons (Fsp3) is 0.143. The van der Waals surface area contributed by atoms with Gasteiger partial charge in [-0.2, -0.15) is 0 Å². The third-order valence-electron chi connectivity index (χ3n) is 3.04. The minimum absolute atomic E-state index is 0.522. The zero-order valence-electron chi connectivity index (χ0n) is 9.24. The van der Waals surface area contributed by atoms with Crippen LogP contribution in [0.4, 0.5) is 0 Å². The first-order valence-electron chi connectivity index (χ1n) is 5.57. The van der Waals surface area contributed by atoms with Crippen LogP contribution in [0, 0.1) is 0 Å². The van der Waals surface area contributed by atoms with E-state index in [2.05, 4.69) is 16.0 Å². The maximum absolute atomic E-state index is 10.2. The predicted octanol–water partition coefficient (Wildman–Crippen LogP) is 2.24. The minimum Gasteiger partial charge on any atom is -0.388 e. The Kier molecular flexibility index (Phi) is 2.46. The third kappa shape index (κ3) is 1.85. The lowest BCUT2D eigenvalue weighted by molar-refractivity contribution is 0.177. The molecule has 1 N–H and O–H groups in total. The number of rotatable bonds is 0. The summed E-state index contributed by atoms with van der Waals surface area (Å²) in [5.74, 6) is 0. The van der Waals surface area contributed by atoms with Gasteiger partial charge in [-0.05, 0) is 28.8 Å². The maximum Gasteiger partial charge on any atom is 0.0851 e. The fourth-order valence-corrected chi connectivity index (χ4v) is 2.12. The van der Waals surface area contributed by atoms with Gasteiger partial charge < -0.3 is 5.11 Å². The Morgan fingerprint density at radius 1 is 1.00 bits per heavy atom. The van der Waals surface area contributed by atoms with E-state index in [9.17, 15) is 5.11 Å². The fourth-order valence-electron chi connectivity index (χ4n) is 2.12. The predicted molar refractivity (Wildman–Crippen MR) is 66.1 cm³/mol. The Morgan fingerprint density at radius 3 is 2.59 bits per heavy atom. The Balaban J connectivity index is 2.16. The average Bonchev–Trinajstić information content (AvgIpc) is 2.36. The Hall–Kier alpha value is -2.00. The molecule has 3 rings (SSSR count). The second-order valence-corrected chi connectivity index (χ2v) is 4.13. The molecule has 1 aliphatic rings. The van der Waals surface area contributed by atoms with Crippen molar-refractivity contribution in [1.29, 1.82) is 0 Å². The molecule has 3 heteroatoms. The molecule has 0 saturated heterocycles. The normalized spacial score (nSPS) is 19.7.